The predicted molar refractivity (Wildman–Crippen MR) is 78.7 cm³/mol. The van der Waals surface area contributed by atoms with E-state index < -0.39 is 30.8 Å². The Balaban J connectivity index is 2.66. The average Bonchev–Trinajstić information content (AvgIpc) is 2.40. The number of amides is 1. The third-order valence-electron chi connectivity index (χ3n) is 3.65. The van der Waals surface area contributed by atoms with Crippen LogP contribution in [0.2, 0.25) is 0 Å². The highest BCUT2D eigenvalue weighted by Gasteiger charge is 2.39. The van der Waals surface area contributed by atoms with Crippen molar-refractivity contribution in [2.45, 2.75) is 39.1 Å². The first-order valence-electron chi connectivity index (χ1n) is 6.85. The van der Waals surface area contributed by atoms with Crippen LogP contribution >= 0.6 is 0 Å². The number of rotatable bonds is 5. The van der Waals surface area contributed by atoms with E-state index in [1.54, 1.807) is 12.1 Å². The fourth-order valence-corrected chi connectivity index (χ4v) is 1.80. The highest BCUT2D eigenvalue weighted by atomic mass is 19.4. The summed E-state index contributed by atoms with van der Waals surface area (Å²) in [5.74, 6) is -0.430. The molecule has 1 rings (SSSR count). The first-order chi connectivity index (χ1) is 10.0. The number of carbonyl (C=O) groups is 1. The second kappa shape index (κ2) is 7.11. The van der Waals surface area contributed by atoms with Gasteiger partial charge < -0.3 is 10.4 Å². The van der Waals surface area contributed by atoms with Crippen LogP contribution in [0.5, 0.6) is 0 Å². The van der Waals surface area contributed by atoms with Crippen LogP contribution in [0.15, 0.2) is 18.2 Å². The monoisotopic (exact) mass is 318 g/mol. The van der Waals surface area contributed by atoms with E-state index in [1.807, 2.05) is 19.9 Å². The second-order valence-corrected chi connectivity index (χ2v) is 5.46. The van der Waals surface area contributed by atoms with E-state index in [0.29, 0.717) is 5.69 Å². The molecule has 0 radical (unpaired) electrons. The molecule has 0 saturated carbocycles. The number of benzene rings is 1. The summed E-state index contributed by atoms with van der Waals surface area (Å²) >= 11 is 0. The molecule has 2 unspecified atom stereocenters. The number of aryl methyl sites for hydroxylation is 2. The number of anilines is 1. The number of nitrogens with zero attached hydrogens (tertiary/aromatic N) is 1. The van der Waals surface area contributed by atoms with Gasteiger partial charge in [0.1, 0.15) is 0 Å². The number of aliphatic hydroxyl groups is 1. The normalized spacial score (nSPS) is 14.8. The van der Waals surface area contributed by atoms with Crippen LogP contribution in [0.1, 0.15) is 18.1 Å². The van der Waals surface area contributed by atoms with Crippen molar-refractivity contribution in [2.24, 2.45) is 0 Å². The number of likely N-dealkylation sites (N-methyl/N-ethyl adjacent to an activating group) is 1. The lowest BCUT2D eigenvalue weighted by molar-refractivity contribution is -0.208. The smallest absolute Gasteiger partial charge is 0.382 e. The minimum Gasteiger partial charge on any atom is -0.382 e. The van der Waals surface area contributed by atoms with Gasteiger partial charge in [-0.25, -0.2) is 0 Å². The summed E-state index contributed by atoms with van der Waals surface area (Å²) in [5.41, 5.74) is 2.67. The largest absolute Gasteiger partial charge is 0.415 e. The van der Waals surface area contributed by atoms with Crippen molar-refractivity contribution in [1.29, 1.82) is 0 Å². The van der Waals surface area contributed by atoms with Crippen molar-refractivity contribution in [3.05, 3.63) is 29.3 Å². The molecule has 0 aliphatic carbocycles. The molecule has 0 saturated heterocycles. The number of halogens is 3. The first kappa shape index (κ1) is 18.4. The molecule has 0 spiro atoms. The Kier molecular flexibility index (Phi) is 5.96. The van der Waals surface area contributed by atoms with Crippen LogP contribution < -0.4 is 5.32 Å². The van der Waals surface area contributed by atoms with Gasteiger partial charge in [-0.3, -0.25) is 9.69 Å². The van der Waals surface area contributed by atoms with Crippen LogP contribution in [0.3, 0.4) is 0 Å². The molecule has 0 aromatic heterocycles. The van der Waals surface area contributed by atoms with Gasteiger partial charge in [0.15, 0.2) is 6.10 Å². The Bertz CT molecular complexity index is 532. The minimum atomic E-state index is -4.70. The standard InChI is InChI=1S/C15H21F3N2O2/c1-9-5-6-12(7-10(9)2)19-14(22)11(3)20(4)8-13(21)15(16,17)18/h5-7,11,13,21H,8H2,1-4H3,(H,19,22). The van der Waals surface area contributed by atoms with E-state index in [1.165, 1.54) is 14.0 Å². The average molecular weight is 318 g/mol. The summed E-state index contributed by atoms with van der Waals surface area (Å²) in [5, 5.41) is 11.7. The topological polar surface area (TPSA) is 52.6 Å². The molecule has 1 amide bonds. The molecular formula is C15H21F3N2O2. The third kappa shape index (κ3) is 4.99. The molecule has 4 nitrogen and oxygen atoms in total. The van der Waals surface area contributed by atoms with E-state index in [9.17, 15) is 18.0 Å². The van der Waals surface area contributed by atoms with E-state index in [-0.39, 0.29) is 0 Å². The zero-order valence-corrected chi connectivity index (χ0v) is 13.0. The number of carbonyl (C=O) groups excluding carboxylic acids is 1. The van der Waals surface area contributed by atoms with Crippen molar-refractivity contribution in [2.75, 3.05) is 18.9 Å². The fraction of sp³-hybridized carbons (Fsp3) is 0.533. The van der Waals surface area contributed by atoms with E-state index in [0.717, 1.165) is 16.0 Å². The Morgan fingerprint density at radius 3 is 2.41 bits per heavy atom. The maximum atomic E-state index is 12.3. The van der Waals surface area contributed by atoms with Gasteiger partial charge in [-0.2, -0.15) is 13.2 Å². The molecule has 1 aromatic carbocycles. The summed E-state index contributed by atoms with van der Waals surface area (Å²) in [6, 6.07) is 4.58. The van der Waals surface area contributed by atoms with Gasteiger partial charge in [0.25, 0.3) is 0 Å². The number of nitrogens with one attached hydrogen (secondary N) is 1. The number of hydrogen-bond acceptors (Lipinski definition) is 3. The quantitative estimate of drug-likeness (QED) is 0.877. The van der Waals surface area contributed by atoms with Crippen LogP contribution in [0.25, 0.3) is 0 Å². The number of alkyl halides is 3. The molecule has 124 valence electrons. The molecule has 0 heterocycles. The van der Waals surface area contributed by atoms with E-state index in [4.69, 9.17) is 5.11 Å². The van der Waals surface area contributed by atoms with Gasteiger partial charge in [-0.15, -0.1) is 0 Å². The molecule has 0 aliphatic rings. The lowest BCUT2D eigenvalue weighted by Crippen LogP contribution is -2.46. The van der Waals surface area contributed by atoms with Crippen molar-refractivity contribution >= 4 is 11.6 Å². The predicted octanol–water partition coefficient (Wildman–Crippen LogP) is 2.49. The lowest BCUT2D eigenvalue weighted by Gasteiger charge is -2.27. The molecule has 7 heteroatoms. The molecule has 2 N–H and O–H groups in total. The van der Waals surface area contributed by atoms with Crippen LogP contribution in [0, 0.1) is 13.8 Å². The van der Waals surface area contributed by atoms with Crippen LogP contribution in [-0.4, -0.2) is 47.8 Å². The molecule has 1 aromatic rings. The highest BCUT2D eigenvalue weighted by Crippen LogP contribution is 2.21. The summed E-state index contributed by atoms with van der Waals surface area (Å²) in [4.78, 5) is 13.2. The van der Waals surface area contributed by atoms with Gasteiger partial charge in [0, 0.05) is 12.2 Å². The number of aliphatic hydroxyl groups excluding tert-OH is 1. The minimum absolute atomic E-state index is 0.430. The SMILES string of the molecule is Cc1ccc(NC(=O)C(C)N(C)CC(O)C(F)(F)F)cc1C. The maximum absolute atomic E-state index is 12.3. The Labute approximate surface area is 127 Å². The Hall–Kier alpha value is -1.60. The van der Waals surface area contributed by atoms with Gasteiger partial charge in [-0.05, 0) is 51.1 Å². The zero-order valence-electron chi connectivity index (χ0n) is 13.0. The van der Waals surface area contributed by atoms with Gasteiger partial charge in [0.05, 0.1) is 6.04 Å². The van der Waals surface area contributed by atoms with Crippen molar-refractivity contribution in [1.82, 2.24) is 4.90 Å². The van der Waals surface area contributed by atoms with Gasteiger partial charge in [-0.1, -0.05) is 6.07 Å². The van der Waals surface area contributed by atoms with Crippen molar-refractivity contribution in [3.63, 3.8) is 0 Å². The summed E-state index contributed by atoms with van der Waals surface area (Å²) in [6.07, 6.45) is -7.17. The first-order valence-corrected chi connectivity index (χ1v) is 6.85. The summed E-state index contributed by atoms with van der Waals surface area (Å²) in [6.45, 7) is 4.67. The fourth-order valence-electron chi connectivity index (χ4n) is 1.80. The highest BCUT2D eigenvalue weighted by molar-refractivity contribution is 5.94. The summed E-state index contributed by atoms with van der Waals surface area (Å²) in [7, 11) is 1.36. The molecule has 2 atom stereocenters. The Morgan fingerprint density at radius 1 is 1.32 bits per heavy atom. The Morgan fingerprint density at radius 2 is 1.91 bits per heavy atom. The van der Waals surface area contributed by atoms with Crippen molar-refractivity contribution in [3.8, 4) is 0 Å². The lowest BCUT2D eigenvalue weighted by atomic mass is 10.1. The molecule has 0 aliphatic heterocycles. The van der Waals surface area contributed by atoms with Crippen LogP contribution in [0.4, 0.5) is 18.9 Å². The second-order valence-electron chi connectivity index (χ2n) is 5.46. The molecule has 0 bridgehead atoms. The third-order valence-corrected chi connectivity index (χ3v) is 3.65. The van der Waals surface area contributed by atoms with Gasteiger partial charge in [0.2, 0.25) is 5.91 Å². The van der Waals surface area contributed by atoms with Crippen molar-refractivity contribution < 1.29 is 23.1 Å². The maximum Gasteiger partial charge on any atom is 0.415 e. The van der Waals surface area contributed by atoms with Crippen LogP contribution in [-0.2, 0) is 4.79 Å². The van der Waals surface area contributed by atoms with E-state index in [2.05, 4.69) is 5.32 Å². The summed E-state index contributed by atoms with van der Waals surface area (Å²) < 4.78 is 37.0. The zero-order chi connectivity index (χ0) is 17.1. The number of hydrogen-bond donors (Lipinski definition) is 2. The molecular weight excluding hydrogens is 297 g/mol. The molecule has 22 heavy (non-hydrogen) atoms. The van der Waals surface area contributed by atoms with E-state index >= 15 is 0 Å². The van der Waals surface area contributed by atoms with Gasteiger partial charge >= 0.3 is 6.18 Å². The molecule has 0 fully saturated rings.